The molecule has 234 valence electrons. The molecule has 1 aromatic heterocycles. The molecule has 2 heterocycles. The maximum Gasteiger partial charge on any atom is 0.573 e. The third-order valence-corrected chi connectivity index (χ3v) is 9.65. The van der Waals surface area contributed by atoms with Gasteiger partial charge in [-0.3, -0.25) is 9.59 Å². The number of pyridine rings is 1. The highest BCUT2D eigenvalue weighted by molar-refractivity contribution is 9.10. The summed E-state index contributed by atoms with van der Waals surface area (Å²) < 4.78 is 72.0. The van der Waals surface area contributed by atoms with E-state index in [1.165, 1.54) is 23.1 Å². The Balaban J connectivity index is 1.39. The fourth-order valence-corrected chi connectivity index (χ4v) is 7.23. The van der Waals surface area contributed by atoms with Crippen LogP contribution in [0.15, 0.2) is 46.9 Å². The van der Waals surface area contributed by atoms with Crippen molar-refractivity contribution in [1.82, 2.24) is 10.3 Å². The van der Waals surface area contributed by atoms with E-state index in [-0.39, 0.29) is 49.2 Å². The first-order valence-electron chi connectivity index (χ1n) is 14.0. The summed E-state index contributed by atoms with van der Waals surface area (Å²) in [7, 11) is 0. The second-order valence-corrected chi connectivity index (χ2v) is 12.9. The molecule has 0 radical (unpaired) electrons. The van der Waals surface area contributed by atoms with Crippen molar-refractivity contribution in [3.63, 3.8) is 0 Å². The van der Waals surface area contributed by atoms with Crippen LogP contribution in [0.3, 0.4) is 0 Å². The number of carboxylic acids is 1. The van der Waals surface area contributed by atoms with Crippen LogP contribution in [0.5, 0.6) is 5.75 Å². The molecule has 1 saturated heterocycles. The number of aromatic nitrogens is 1. The molecule has 1 atom stereocenters. The Morgan fingerprint density at radius 2 is 1.77 bits per heavy atom. The van der Waals surface area contributed by atoms with Crippen LogP contribution in [0, 0.1) is 12.3 Å². The molecule has 3 aromatic rings. The van der Waals surface area contributed by atoms with E-state index in [1.54, 1.807) is 25.1 Å². The number of aliphatic carboxylic acids is 1. The van der Waals surface area contributed by atoms with Gasteiger partial charge in [0.25, 0.3) is 11.8 Å². The Labute approximate surface area is 257 Å². The minimum Gasteiger partial charge on any atom is -0.481 e. The smallest absolute Gasteiger partial charge is 0.481 e. The average molecular weight is 683 g/mol. The number of hydrogen-bond acceptors (Lipinski definition) is 6. The van der Waals surface area contributed by atoms with E-state index in [1.807, 2.05) is 0 Å². The Bertz CT molecular complexity index is 1650. The molecule has 7 rings (SSSR count). The van der Waals surface area contributed by atoms with Gasteiger partial charge in [0.15, 0.2) is 5.75 Å². The van der Waals surface area contributed by atoms with Crippen molar-refractivity contribution in [2.24, 2.45) is 5.41 Å². The molecule has 1 amide bonds. The third kappa shape index (κ3) is 5.41. The molecular weight excluding hydrogens is 655 g/mol. The number of halogens is 6. The van der Waals surface area contributed by atoms with Crippen LogP contribution in [0.25, 0.3) is 10.9 Å². The molecular formula is C30H28BrF5N4O4. The van der Waals surface area contributed by atoms with E-state index in [9.17, 15) is 36.6 Å². The standard InChI is InChI=1S/C30H28BrF5N4O4/c1-16-23(18-12-17(31)6-7-19(18)38-24(16)40-14-29(32,33)15-40)25(41)39-28-10-8-27(9-11-28,26(42)43)13-22(28)37-20-4-2-3-5-21(20)44-30(34,35)36/h2-7,12,22,37H,8-11,13-15H2,1H3,(H,39,41)(H,42,43). The number of amides is 1. The largest absolute Gasteiger partial charge is 0.573 e. The fourth-order valence-electron chi connectivity index (χ4n) is 6.87. The van der Waals surface area contributed by atoms with Crippen LogP contribution >= 0.6 is 15.9 Å². The van der Waals surface area contributed by atoms with Crippen LogP contribution in [0.4, 0.5) is 33.5 Å². The van der Waals surface area contributed by atoms with E-state index in [2.05, 4.69) is 36.3 Å². The van der Waals surface area contributed by atoms with Gasteiger partial charge in [0.2, 0.25) is 0 Å². The zero-order valence-corrected chi connectivity index (χ0v) is 25.0. The monoisotopic (exact) mass is 682 g/mol. The van der Waals surface area contributed by atoms with E-state index < -0.39 is 60.0 Å². The molecule has 1 aliphatic heterocycles. The van der Waals surface area contributed by atoms with Crippen LogP contribution in [-0.4, -0.2) is 58.9 Å². The van der Waals surface area contributed by atoms with E-state index in [0.717, 1.165) is 6.07 Å². The first-order valence-corrected chi connectivity index (χ1v) is 14.8. The van der Waals surface area contributed by atoms with Gasteiger partial charge in [0.1, 0.15) is 5.82 Å². The number of anilines is 2. The SMILES string of the molecule is Cc1c(N2CC(F)(F)C2)nc2ccc(Br)cc2c1C(=O)NC12CCC(C(=O)O)(CC1)CC2Nc1ccccc1OC(F)(F)F. The summed E-state index contributed by atoms with van der Waals surface area (Å²) in [6, 6.07) is 9.82. The highest BCUT2D eigenvalue weighted by atomic mass is 79.9. The van der Waals surface area contributed by atoms with Crippen molar-refractivity contribution in [3.8, 4) is 5.75 Å². The summed E-state index contributed by atoms with van der Waals surface area (Å²) in [6.07, 6.45) is -3.87. The minimum absolute atomic E-state index is 0.00649. The molecule has 2 aromatic carbocycles. The predicted molar refractivity (Wildman–Crippen MR) is 155 cm³/mol. The molecule has 44 heavy (non-hydrogen) atoms. The molecule has 1 unspecified atom stereocenters. The second kappa shape index (κ2) is 10.5. The zero-order valence-electron chi connectivity index (χ0n) is 23.4. The van der Waals surface area contributed by atoms with Gasteiger partial charge in [-0.25, -0.2) is 13.8 Å². The van der Waals surface area contributed by atoms with Crippen LogP contribution < -0.4 is 20.3 Å². The van der Waals surface area contributed by atoms with Gasteiger partial charge in [-0.05, 0) is 69.4 Å². The number of fused-ring (bicyclic) bond motifs is 4. The van der Waals surface area contributed by atoms with Gasteiger partial charge in [-0.2, -0.15) is 0 Å². The lowest BCUT2D eigenvalue weighted by Gasteiger charge is -2.56. The van der Waals surface area contributed by atoms with Gasteiger partial charge >= 0.3 is 12.3 Å². The normalized spacial score (nSPS) is 25.8. The topological polar surface area (TPSA) is 104 Å². The van der Waals surface area contributed by atoms with Crippen molar-refractivity contribution in [3.05, 3.63) is 58.1 Å². The molecule has 14 heteroatoms. The van der Waals surface area contributed by atoms with Crippen molar-refractivity contribution in [2.75, 3.05) is 23.3 Å². The van der Waals surface area contributed by atoms with E-state index >= 15 is 0 Å². The maximum atomic E-state index is 14.3. The molecule has 4 aliphatic rings. The molecule has 3 N–H and O–H groups in total. The summed E-state index contributed by atoms with van der Waals surface area (Å²) in [4.78, 5) is 32.7. The number of ether oxygens (including phenoxy) is 1. The quantitative estimate of drug-likeness (QED) is 0.240. The minimum atomic E-state index is -4.95. The number of carbonyl (C=O) groups excluding carboxylic acids is 1. The van der Waals surface area contributed by atoms with Crippen molar-refractivity contribution in [2.45, 2.75) is 62.9 Å². The highest BCUT2D eigenvalue weighted by Gasteiger charge is 2.59. The Kier molecular flexibility index (Phi) is 7.21. The van der Waals surface area contributed by atoms with E-state index in [0.29, 0.717) is 20.9 Å². The zero-order chi connectivity index (χ0) is 31.7. The second-order valence-electron chi connectivity index (χ2n) is 11.9. The summed E-state index contributed by atoms with van der Waals surface area (Å²) in [5.74, 6) is -4.60. The Morgan fingerprint density at radius 1 is 1.09 bits per heavy atom. The van der Waals surface area contributed by atoms with Gasteiger partial charge in [0.05, 0.1) is 46.9 Å². The fraction of sp³-hybridized carbons (Fsp3) is 0.433. The van der Waals surface area contributed by atoms with Gasteiger partial charge in [-0.15, -0.1) is 13.2 Å². The number of nitrogens with one attached hydrogen (secondary N) is 2. The van der Waals surface area contributed by atoms with Gasteiger partial charge in [0, 0.05) is 15.4 Å². The molecule has 4 fully saturated rings. The lowest BCUT2D eigenvalue weighted by Crippen LogP contribution is -2.68. The molecule has 0 spiro atoms. The number of para-hydroxylation sites is 2. The Morgan fingerprint density at radius 3 is 2.41 bits per heavy atom. The van der Waals surface area contributed by atoms with E-state index in [4.69, 9.17) is 0 Å². The molecule has 3 saturated carbocycles. The average Bonchev–Trinajstić information content (AvgIpc) is 2.92. The molecule has 8 nitrogen and oxygen atoms in total. The molecule has 2 bridgehead atoms. The number of carbonyl (C=O) groups is 2. The lowest BCUT2D eigenvalue weighted by molar-refractivity contribution is -0.274. The summed E-state index contributed by atoms with van der Waals surface area (Å²) in [5.41, 5.74) is -1.07. The first-order chi connectivity index (χ1) is 20.6. The Hall–Kier alpha value is -3.68. The number of benzene rings is 2. The summed E-state index contributed by atoms with van der Waals surface area (Å²) in [5, 5.41) is 16.8. The number of carboxylic acid groups (broad SMARTS) is 1. The van der Waals surface area contributed by atoms with Crippen LogP contribution in [0.1, 0.15) is 48.0 Å². The van der Waals surface area contributed by atoms with Crippen molar-refractivity contribution in [1.29, 1.82) is 0 Å². The van der Waals surface area contributed by atoms with Crippen molar-refractivity contribution < 1.29 is 41.4 Å². The van der Waals surface area contributed by atoms with Crippen LogP contribution in [0.2, 0.25) is 0 Å². The number of hydrogen-bond donors (Lipinski definition) is 3. The summed E-state index contributed by atoms with van der Waals surface area (Å²) in [6.45, 7) is 0.580. The van der Waals surface area contributed by atoms with Gasteiger partial charge < -0.3 is 25.4 Å². The highest BCUT2D eigenvalue weighted by Crippen LogP contribution is 2.54. The van der Waals surface area contributed by atoms with Gasteiger partial charge in [-0.1, -0.05) is 28.1 Å². The first kappa shape index (κ1) is 30.4. The lowest BCUT2D eigenvalue weighted by atomic mass is 9.55. The number of alkyl halides is 5. The molecule has 3 aliphatic carbocycles. The predicted octanol–water partition coefficient (Wildman–Crippen LogP) is 6.66. The maximum absolute atomic E-state index is 14.3. The van der Waals surface area contributed by atoms with Crippen molar-refractivity contribution >= 4 is 50.2 Å². The van der Waals surface area contributed by atoms with Crippen LogP contribution in [-0.2, 0) is 4.79 Å². The third-order valence-electron chi connectivity index (χ3n) is 9.16. The summed E-state index contributed by atoms with van der Waals surface area (Å²) >= 11 is 3.42. The number of nitrogens with zero attached hydrogens (tertiary/aromatic N) is 2. The number of rotatable bonds is 7.